The normalized spacial score (nSPS) is 11.5. The van der Waals surface area contributed by atoms with Crippen molar-refractivity contribution in [3.05, 3.63) is 108 Å². The SMILES string of the molecule is N=NC(=N)c1ccc2c(c1)c1ccccc1n2Cc1c2ccccc2cc2ccccc12. The zero-order chi connectivity index (χ0) is 21.7. The first kappa shape index (κ1) is 18.5. The van der Waals surface area contributed by atoms with Crippen LogP contribution < -0.4 is 0 Å². The van der Waals surface area contributed by atoms with Crippen molar-refractivity contribution in [1.29, 1.82) is 10.9 Å². The molecule has 0 radical (unpaired) electrons. The van der Waals surface area contributed by atoms with Crippen molar-refractivity contribution in [2.24, 2.45) is 5.11 Å². The lowest BCUT2D eigenvalue weighted by Crippen LogP contribution is -2.02. The number of para-hydroxylation sites is 1. The van der Waals surface area contributed by atoms with E-state index < -0.39 is 0 Å². The number of benzene rings is 5. The second-order valence-electron chi connectivity index (χ2n) is 8.09. The van der Waals surface area contributed by atoms with E-state index in [0.29, 0.717) is 5.56 Å². The Bertz CT molecular complexity index is 1640. The third-order valence-corrected chi connectivity index (χ3v) is 6.36. The number of nitrogens with one attached hydrogen (secondary N) is 2. The summed E-state index contributed by atoms with van der Waals surface area (Å²) in [4.78, 5) is 0. The van der Waals surface area contributed by atoms with Gasteiger partial charge in [0.25, 0.3) is 0 Å². The lowest BCUT2D eigenvalue weighted by atomic mass is 9.96. The van der Waals surface area contributed by atoms with Crippen LogP contribution in [0.4, 0.5) is 0 Å². The Kier molecular flexibility index (Phi) is 4.12. The number of nitrogens with zero attached hydrogens (tertiary/aromatic N) is 2. The molecule has 0 spiro atoms. The molecule has 1 heterocycles. The Morgan fingerprint density at radius 2 is 1.25 bits per heavy atom. The van der Waals surface area contributed by atoms with Gasteiger partial charge in [0.1, 0.15) is 0 Å². The second kappa shape index (κ2) is 7.13. The van der Waals surface area contributed by atoms with E-state index in [9.17, 15) is 0 Å². The van der Waals surface area contributed by atoms with Crippen LogP contribution in [0.2, 0.25) is 0 Å². The van der Waals surface area contributed by atoms with Crippen molar-refractivity contribution in [2.45, 2.75) is 6.54 Å². The molecule has 0 fully saturated rings. The average molecular weight is 412 g/mol. The molecule has 0 saturated heterocycles. The van der Waals surface area contributed by atoms with E-state index in [1.807, 2.05) is 18.2 Å². The van der Waals surface area contributed by atoms with E-state index in [1.165, 1.54) is 27.1 Å². The quantitative estimate of drug-likeness (QED) is 0.131. The van der Waals surface area contributed by atoms with E-state index in [1.54, 1.807) is 0 Å². The fourth-order valence-electron chi connectivity index (χ4n) is 4.87. The van der Waals surface area contributed by atoms with Crippen molar-refractivity contribution in [3.8, 4) is 0 Å². The highest BCUT2D eigenvalue weighted by Crippen LogP contribution is 2.34. The van der Waals surface area contributed by atoms with Crippen LogP contribution in [0.5, 0.6) is 0 Å². The second-order valence-corrected chi connectivity index (χ2v) is 8.09. The minimum Gasteiger partial charge on any atom is -0.336 e. The highest BCUT2D eigenvalue weighted by molar-refractivity contribution is 6.11. The number of hydrogen-bond acceptors (Lipinski definition) is 2. The molecule has 152 valence electrons. The first-order valence-corrected chi connectivity index (χ1v) is 10.6. The zero-order valence-electron chi connectivity index (χ0n) is 17.3. The third kappa shape index (κ3) is 2.73. The summed E-state index contributed by atoms with van der Waals surface area (Å²) in [6, 6.07) is 33.8. The van der Waals surface area contributed by atoms with E-state index in [0.717, 1.165) is 28.4 Å². The van der Waals surface area contributed by atoms with Gasteiger partial charge in [-0.2, -0.15) is 0 Å². The molecule has 0 atom stereocenters. The topological polar surface area (TPSA) is 65.0 Å². The molecule has 0 aliphatic heterocycles. The van der Waals surface area contributed by atoms with Crippen LogP contribution in [0.25, 0.3) is 43.4 Å². The van der Waals surface area contributed by atoms with Crippen LogP contribution in [-0.2, 0) is 6.54 Å². The van der Waals surface area contributed by atoms with E-state index >= 15 is 0 Å². The predicted octanol–water partition coefficient (Wildman–Crippen LogP) is 7.51. The molecular formula is C28H20N4. The van der Waals surface area contributed by atoms with Crippen LogP contribution in [0.15, 0.2) is 102 Å². The van der Waals surface area contributed by atoms with Gasteiger partial charge in [-0.05, 0) is 57.4 Å². The molecular weight excluding hydrogens is 392 g/mol. The number of fused-ring (bicyclic) bond motifs is 5. The highest BCUT2D eigenvalue weighted by Gasteiger charge is 2.15. The molecule has 0 unspecified atom stereocenters. The number of aromatic nitrogens is 1. The van der Waals surface area contributed by atoms with Crippen molar-refractivity contribution in [2.75, 3.05) is 0 Å². The Hall–Kier alpha value is -4.31. The summed E-state index contributed by atoms with van der Waals surface area (Å²) >= 11 is 0. The Morgan fingerprint density at radius 3 is 1.94 bits per heavy atom. The van der Waals surface area contributed by atoms with Crippen LogP contribution in [0.3, 0.4) is 0 Å². The number of hydrogen-bond donors (Lipinski definition) is 2. The first-order valence-electron chi connectivity index (χ1n) is 10.6. The van der Waals surface area contributed by atoms with Gasteiger partial charge in [-0.3, -0.25) is 5.41 Å². The van der Waals surface area contributed by atoms with Gasteiger partial charge in [-0.25, -0.2) is 5.53 Å². The first-order chi connectivity index (χ1) is 15.7. The molecule has 2 N–H and O–H groups in total. The Morgan fingerprint density at radius 1 is 0.656 bits per heavy atom. The lowest BCUT2D eigenvalue weighted by molar-refractivity contribution is 0.882. The summed E-state index contributed by atoms with van der Waals surface area (Å²) in [6.45, 7) is 0.742. The maximum absolute atomic E-state index is 7.97. The molecule has 6 rings (SSSR count). The van der Waals surface area contributed by atoms with Crippen molar-refractivity contribution >= 4 is 49.2 Å². The monoisotopic (exact) mass is 412 g/mol. The molecule has 5 aromatic carbocycles. The third-order valence-electron chi connectivity index (χ3n) is 6.36. The molecule has 0 saturated carbocycles. The molecule has 6 aromatic rings. The molecule has 4 heteroatoms. The van der Waals surface area contributed by atoms with Gasteiger partial charge in [-0.1, -0.05) is 66.7 Å². The molecule has 0 aliphatic rings. The molecule has 4 nitrogen and oxygen atoms in total. The van der Waals surface area contributed by atoms with Crippen LogP contribution in [0.1, 0.15) is 11.1 Å². The van der Waals surface area contributed by atoms with E-state index in [4.69, 9.17) is 10.9 Å². The van der Waals surface area contributed by atoms with Crippen molar-refractivity contribution in [3.63, 3.8) is 0 Å². The maximum atomic E-state index is 7.97. The summed E-state index contributed by atoms with van der Waals surface area (Å²) in [6.07, 6.45) is 0. The fourth-order valence-corrected chi connectivity index (χ4v) is 4.87. The molecule has 1 aromatic heterocycles. The average Bonchev–Trinajstić information content (AvgIpc) is 3.16. The highest BCUT2D eigenvalue weighted by atomic mass is 15.0. The number of amidine groups is 1. The van der Waals surface area contributed by atoms with Crippen LogP contribution >= 0.6 is 0 Å². The van der Waals surface area contributed by atoms with Gasteiger partial charge in [0.2, 0.25) is 0 Å². The lowest BCUT2D eigenvalue weighted by Gasteiger charge is -2.14. The summed E-state index contributed by atoms with van der Waals surface area (Å²) < 4.78 is 2.37. The minimum atomic E-state index is -0.0243. The predicted molar refractivity (Wildman–Crippen MR) is 132 cm³/mol. The van der Waals surface area contributed by atoms with E-state index in [-0.39, 0.29) is 5.84 Å². The zero-order valence-corrected chi connectivity index (χ0v) is 17.3. The summed E-state index contributed by atoms with van der Waals surface area (Å²) in [5, 5.41) is 18.5. The van der Waals surface area contributed by atoms with Gasteiger partial charge in [-0.15, -0.1) is 5.11 Å². The van der Waals surface area contributed by atoms with Crippen LogP contribution in [0, 0.1) is 10.9 Å². The number of rotatable bonds is 3. The van der Waals surface area contributed by atoms with E-state index in [2.05, 4.69) is 88.5 Å². The molecule has 0 aliphatic carbocycles. The minimum absolute atomic E-state index is 0.0243. The van der Waals surface area contributed by atoms with Crippen molar-refractivity contribution < 1.29 is 0 Å². The van der Waals surface area contributed by atoms with Gasteiger partial charge in [0.05, 0.1) is 0 Å². The van der Waals surface area contributed by atoms with Gasteiger partial charge in [0.15, 0.2) is 5.84 Å². The Labute approximate surface area is 184 Å². The van der Waals surface area contributed by atoms with Crippen molar-refractivity contribution in [1.82, 2.24) is 4.57 Å². The van der Waals surface area contributed by atoms with Crippen LogP contribution in [-0.4, -0.2) is 10.4 Å². The fraction of sp³-hybridized carbons (Fsp3) is 0.0357. The Balaban J connectivity index is 1.67. The van der Waals surface area contributed by atoms with Gasteiger partial charge in [0, 0.05) is 33.9 Å². The summed E-state index contributed by atoms with van der Waals surface area (Å²) in [5.74, 6) is -0.0243. The summed E-state index contributed by atoms with van der Waals surface area (Å²) in [7, 11) is 0. The summed E-state index contributed by atoms with van der Waals surface area (Å²) in [5.41, 5.74) is 11.5. The standard InChI is InChI=1S/C28H20N4/c29-28(31-30)20-13-14-27-24(16-20)23-11-5-6-12-26(23)32(27)17-25-21-9-3-1-7-18(21)15-19-8-2-4-10-22(19)25/h1-16,29-30H,17H2. The molecule has 32 heavy (non-hydrogen) atoms. The molecule has 0 amide bonds. The van der Waals surface area contributed by atoms with Gasteiger partial charge < -0.3 is 4.57 Å². The molecule has 0 bridgehead atoms. The van der Waals surface area contributed by atoms with Gasteiger partial charge >= 0.3 is 0 Å². The maximum Gasteiger partial charge on any atom is 0.173 e. The largest absolute Gasteiger partial charge is 0.336 e. The smallest absolute Gasteiger partial charge is 0.173 e.